The van der Waals surface area contributed by atoms with Crippen molar-refractivity contribution in [2.75, 3.05) is 26.3 Å². The maximum absolute atomic E-state index is 12.8. The lowest BCUT2D eigenvalue weighted by Gasteiger charge is -2.31. The maximum Gasteiger partial charge on any atom is 0.272 e. The Labute approximate surface area is 163 Å². The number of hydrogen-bond donors (Lipinski definition) is 2. The van der Waals surface area contributed by atoms with Crippen molar-refractivity contribution < 1.29 is 9.18 Å². The highest BCUT2D eigenvalue weighted by Crippen LogP contribution is 2.25. The summed E-state index contributed by atoms with van der Waals surface area (Å²) in [7, 11) is 0. The molecule has 0 atom stereocenters. The van der Waals surface area contributed by atoms with E-state index in [1.165, 1.54) is 0 Å². The summed E-state index contributed by atoms with van der Waals surface area (Å²) in [5.41, 5.74) is 4.33. The third-order valence-electron chi connectivity index (χ3n) is 5.31. The Morgan fingerprint density at radius 2 is 2.07 bits per heavy atom. The fraction of sp³-hybridized carbons (Fsp3) is 0.381. The first-order valence-electron chi connectivity index (χ1n) is 9.63. The minimum atomic E-state index is -0.324. The highest BCUT2D eigenvalue weighted by atomic mass is 19.1. The summed E-state index contributed by atoms with van der Waals surface area (Å²) in [6.07, 6.45) is 5.29. The number of amides is 1. The van der Waals surface area contributed by atoms with Gasteiger partial charge in [0.1, 0.15) is 6.67 Å². The third-order valence-corrected chi connectivity index (χ3v) is 5.31. The van der Waals surface area contributed by atoms with E-state index in [-0.39, 0.29) is 18.6 Å². The van der Waals surface area contributed by atoms with Crippen LogP contribution in [-0.4, -0.2) is 58.3 Å². The van der Waals surface area contributed by atoms with Gasteiger partial charge in [0.15, 0.2) is 5.69 Å². The standard InChI is InChI=1S/C21H24FN5O/c1-14-10-16(13-23-12-14)15-2-3-19-18(11-15)20(26-25-19)21(28)24-17-4-7-27(8-5-17)9-6-22/h2-3,10-13,17H,4-9H2,1H3,(H,24,28)(H,25,26). The quantitative estimate of drug-likeness (QED) is 0.712. The number of aryl methyl sites for hydroxylation is 1. The number of pyridine rings is 1. The molecule has 0 aliphatic carbocycles. The van der Waals surface area contributed by atoms with Crippen LogP contribution in [0, 0.1) is 6.92 Å². The Kier molecular flexibility index (Phi) is 5.34. The Morgan fingerprint density at radius 3 is 2.82 bits per heavy atom. The molecule has 4 rings (SSSR count). The molecule has 7 heteroatoms. The van der Waals surface area contributed by atoms with Gasteiger partial charge in [-0.05, 0) is 49.1 Å². The number of fused-ring (bicyclic) bond motifs is 1. The van der Waals surface area contributed by atoms with Crippen LogP contribution < -0.4 is 5.32 Å². The average molecular weight is 381 g/mol. The molecular formula is C21H24FN5O. The zero-order valence-corrected chi connectivity index (χ0v) is 15.9. The first-order valence-corrected chi connectivity index (χ1v) is 9.63. The molecule has 1 fully saturated rings. The van der Waals surface area contributed by atoms with Gasteiger partial charge in [0, 0.05) is 49.0 Å². The first kappa shape index (κ1) is 18.6. The molecule has 0 unspecified atom stereocenters. The van der Waals surface area contributed by atoms with E-state index in [9.17, 15) is 9.18 Å². The monoisotopic (exact) mass is 381 g/mol. The van der Waals surface area contributed by atoms with Gasteiger partial charge in [-0.15, -0.1) is 0 Å². The van der Waals surface area contributed by atoms with Crippen molar-refractivity contribution in [3.8, 4) is 11.1 Å². The van der Waals surface area contributed by atoms with Crippen LogP contribution in [0.3, 0.4) is 0 Å². The number of H-pyrrole nitrogens is 1. The number of carbonyl (C=O) groups excluding carboxylic acids is 1. The number of benzene rings is 1. The lowest BCUT2D eigenvalue weighted by atomic mass is 10.0. The number of hydrogen-bond acceptors (Lipinski definition) is 4. The molecule has 2 aromatic heterocycles. The van der Waals surface area contributed by atoms with Gasteiger partial charge < -0.3 is 10.2 Å². The van der Waals surface area contributed by atoms with Crippen LogP contribution in [0.4, 0.5) is 4.39 Å². The van der Waals surface area contributed by atoms with Crippen molar-refractivity contribution in [3.05, 3.63) is 47.9 Å². The van der Waals surface area contributed by atoms with Crippen molar-refractivity contribution in [1.82, 2.24) is 25.4 Å². The van der Waals surface area contributed by atoms with Gasteiger partial charge in [-0.1, -0.05) is 6.07 Å². The number of nitrogens with zero attached hydrogens (tertiary/aromatic N) is 3. The number of likely N-dealkylation sites (tertiary alicyclic amines) is 1. The van der Waals surface area contributed by atoms with Gasteiger partial charge >= 0.3 is 0 Å². The zero-order valence-electron chi connectivity index (χ0n) is 15.9. The molecule has 3 heterocycles. The van der Waals surface area contributed by atoms with Crippen molar-refractivity contribution >= 4 is 16.8 Å². The second-order valence-electron chi connectivity index (χ2n) is 7.36. The molecule has 28 heavy (non-hydrogen) atoms. The number of nitrogens with one attached hydrogen (secondary N) is 2. The summed E-state index contributed by atoms with van der Waals surface area (Å²) in [6.45, 7) is 3.77. The normalized spacial score (nSPS) is 15.8. The van der Waals surface area contributed by atoms with Gasteiger partial charge in [0.2, 0.25) is 0 Å². The van der Waals surface area contributed by atoms with Crippen LogP contribution in [0.25, 0.3) is 22.0 Å². The van der Waals surface area contributed by atoms with Gasteiger partial charge in [-0.2, -0.15) is 5.10 Å². The van der Waals surface area contributed by atoms with Crippen LogP contribution in [-0.2, 0) is 0 Å². The molecule has 3 aromatic rings. The molecule has 1 amide bonds. The zero-order chi connectivity index (χ0) is 19.5. The molecule has 1 aromatic carbocycles. The highest BCUT2D eigenvalue weighted by Gasteiger charge is 2.23. The van der Waals surface area contributed by atoms with Crippen molar-refractivity contribution in [3.63, 3.8) is 0 Å². The van der Waals surface area contributed by atoms with E-state index in [0.717, 1.165) is 53.5 Å². The molecule has 6 nitrogen and oxygen atoms in total. The predicted octanol–water partition coefficient (Wildman–Crippen LogP) is 3.10. The van der Waals surface area contributed by atoms with Crippen LogP contribution in [0.15, 0.2) is 36.7 Å². The number of halogens is 1. The number of carbonyl (C=O) groups is 1. The van der Waals surface area contributed by atoms with E-state index in [1.54, 1.807) is 0 Å². The van der Waals surface area contributed by atoms with Crippen LogP contribution >= 0.6 is 0 Å². The van der Waals surface area contributed by atoms with Crippen LogP contribution in [0.5, 0.6) is 0 Å². The Hall–Kier alpha value is -2.80. The van der Waals surface area contributed by atoms with E-state index in [1.807, 2.05) is 37.5 Å². The van der Waals surface area contributed by atoms with Gasteiger partial charge in [0.25, 0.3) is 5.91 Å². The van der Waals surface area contributed by atoms with Gasteiger partial charge in [0.05, 0.1) is 5.52 Å². The minimum absolute atomic E-state index is 0.0965. The Morgan fingerprint density at radius 1 is 1.25 bits per heavy atom. The topological polar surface area (TPSA) is 73.9 Å². The van der Waals surface area contributed by atoms with Crippen molar-refractivity contribution in [2.24, 2.45) is 0 Å². The molecule has 1 saturated heterocycles. The lowest BCUT2D eigenvalue weighted by molar-refractivity contribution is 0.0905. The van der Waals surface area contributed by atoms with Gasteiger partial charge in [-0.25, -0.2) is 4.39 Å². The lowest BCUT2D eigenvalue weighted by Crippen LogP contribution is -2.45. The van der Waals surface area contributed by atoms with Crippen LogP contribution in [0.1, 0.15) is 28.9 Å². The maximum atomic E-state index is 12.8. The molecule has 0 radical (unpaired) electrons. The largest absolute Gasteiger partial charge is 0.348 e. The highest BCUT2D eigenvalue weighted by molar-refractivity contribution is 6.05. The summed E-state index contributed by atoms with van der Waals surface area (Å²) in [4.78, 5) is 19.2. The number of aromatic nitrogens is 3. The summed E-state index contributed by atoms with van der Waals surface area (Å²) >= 11 is 0. The van der Waals surface area contributed by atoms with E-state index in [4.69, 9.17) is 0 Å². The number of alkyl halides is 1. The Bertz CT molecular complexity index is 978. The predicted molar refractivity (Wildman–Crippen MR) is 107 cm³/mol. The van der Waals surface area contributed by atoms with E-state index >= 15 is 0 Å². The SMILES string of the molecule is Cc1cncc(-c2ccc3[nH]nc(C(=O)NC4CCN(CCF)CC4)c3c2)c1. The summed E-state index contributed by atoms with van der Waals surface area (Å²) < 4.78 is 12.5. The van der Waals surface area contributed by atoms with Crippen molar-refractivity contribution in [1.29, 1.82) is 0 Å². The molecule has 0 saturated carbocycles. The molecule has 146 valence electrons. The van der Waals surface area contributed by atoms with Crippen molar-refractivity contribution in [2.45, 2.75) is 25.8 Å². The summed E-state index contributed by atoms with van der Waals surface area (Å²) in [5, 5.41) is 11.1. The second-order valence-corrected chi connectivity index (χ2v) is 7.36. The third kappa shape index (κ3) is 3.89. The number of piperidine rings is 1. The molecule has 1 aliphatic heterocycles. The van der Waals surface area contributed by atoms with E-state index in [0.29, 0.717) is 12.2 Å². The molecule has 0 bridgehead atoms. The molecule has 0 spiro atoms. The summed E-state index contributed by atoms with van der Waals surface area (Å²) in [6, 6.07) is 8.08. The average Bonchev–Trinajstić information content (AvgIpc) is 3.13. The van der Waals surface area contributed by atoms with Gasteiger partial charge in [-0.3, -0.25) is 14.9 Å². The fourth-order valence-electron chi connectivity index (χ4n) is 3.75. The molecule has 2 N–H and O–H groups in total. The first-order chi connectivity index (χ1) is 13.6. The number of rotatable bonds is 5. The van der Waals surface area contributed by atoms with E-state index in [2.05, 4.69) is 31.5 Å². The van der Waals surface area contributed by atoms with Crippen LogP contribution in [0.2, 0.25) is 0 Å². The van der Waals surface area contributed by atoms with E-state index < -0.39 is 0 Å². The second kappa shape index (κ2) is 8.06. The minimum Gasteiger partial charge on any atom is -0.348 e. The molecule has 1 aliphatic rings. The fourth-order valence-corrected chi connectivity index (χ4v) is 3.75. The molecular weight excluding hydrogens is 357 g/mol. The number of aromatic amines is 1. The smallest absolute Gasteiger partial charge is 0.272 e. The summed E-state index contributed by atoms with van der Waals surface area (Å²) in [5.74, 6) is -0.172. The Balaban J connectivity index is 1.52.